The Morgan fingerprint density at radius 1 is 1.28 bits per heavy atom. The van der Waals surface area contributed by atoms with E-state index in [0.29, 0.717) is 0 Å². The Hall–Kier alpha value is -1.06. The molecule has 0 bridgehead atoms. The Morgan fingerprint density at radius 3 is 2.33 bits per heavy atom. The van der Waals surface area contributed by atoms with Crippen LogP contribution in [0.3, 0.4) is 0 Å². The molecule has 1 aromatic rings. The molecule has 0 spiro atoms. The molecule has 0 heterocycles. The molecule has 1 aliphatic rings. The number of hydrogen-bond donors (Lipinski definition) is 2. The Bertz CT molecular complexity index is 444. The second-order valence-electron chi connectivity index (χ2n) is 6.42. The van der Waals surface area contributed by atoms with Crippen molar-refractivity contribution < 1.29 is 4.74 Å². The van der Waals surface area contributed by atoms with Gasteiger partial charge in [-0.1, -0.05) is 26.8 Å². The predicted octanol–water partition coefficient (Wildman–Crippen LogP) is 2.48. The van der Waals surface area contributed by atoms with Crippen molar-refractivity contribution in [1.29, 1.82) is 0 Å². The third kappa shape index (κ3) is 2.38. The third-order valence-electron chi connectivity index (χ3n) is 3.84. The van der Waals surface area contributed by atoms with E-state index < -0.39 is 0 Å². The zero-order valence-electron chi connectivity index (χ0n) is 11.8. The summed E-state index contributed by atoms with van der Waals surface area (Å²) in [6, 6.07) is 6.10. The van der Waals surface area contributed by atoms with Crippen molar-refractivity contribution >= 4 is 0 Å². The topological polar surface area (TPSA) is 61.3 Å². The molecule has 18 heavy (non-hydrogen) atoms. The number of methoxy groups -OCH3 is 1. The number of nitrogens with two attached hydrogens (primary N) is 2. The smallest absolute Gasteiger partial charge is 0.122 e. The molecule has 1 unspecified atom stereocenters. The Balaban J connectivity index is 2.40. The van der Waals surface area contributed by atoms with Gasteiger partial charge in [0, 0.05) is 11.6 Å². The minimum absolute atomic E-state index is 0.0341. The summed E-state index contributed by atoms with van der Waals surface area (Å²) in [6.45, 7) is 6.53. The molecule has 3 nitrogen and oxygen atoms in total. The summed E-state index contributed by atoms with van der Waals surface area (Å²) in [7, 11) is 1.70. The molecule has 0 saturated heterocycles. The molecular formula is C15H24N2O. The lowest BCUT2D eigenvalue weighted by atomic mass is 9.84. The molecular weight excluding hydrogens is 224 g/mol. The summed E-state index contributed by atoms with van der Waals surface area (Å²) in [5.74, 6) is 0.917. The lowest BCUT2D eigenvalue weighted by Gasteiger charge is -2.26. The second-order valence-corrected chi connectivity index (χ2v) is 6.42. The molecule has 100 valence electrons. The van der Waals surface area contributed by atoms with E-state index in [1.165, 1.54) is 5.56 Å². The summed E-state index contributed by atoms with van der Waals surface area (Å²) < 4.78 is 5.44. The number of hydrogen-bond acceptors (Lipinski definition) is 3. The van der Waals surface area contributed by atoms with Gasteiger partial charge in [0.2, 0.25) is 0 Å². The van der Waals surface area contributed by atoms with Gasteiger partial charge in [0.25, 0.3) is 0 Å². The zero-order chi connectivity index (χ0) is 13.6. The summed E-state index contributed by atoms with van der Waals surface area (Å²) in [5, 5.41) is 0. The van der Waals surface area contributed by atoms with Crippen molar-refractivity contribution in [2.24, 2.45) is 11.5 Å². The molecule has 3 heteroatoms. The van der Waals surface area contributed by atoms with Crippen LogP contribution in [0.1, 0.15) is 50.8 Å². The summed E-state index contributed by atoms with van der Waals surface area (Å²) in [6.07, 6.45) is 2.04. The first-order valence-electron chi connectivity index (χ1n) is 6.51. The molecule has 0 aliphatic heterocycles. The molecule has 0 radical (unpaired) electrons. The van der Waals surface area contributed by atoms with Crippen LogP contribution in [-0.4, -0.2) is 12.6 Å². The van der Waals surface area contributed by atoms with Crippen LogP contribution in [-0.2, 0) is 5.41 Å². The Labute approximate surface area is 110 Å². The van der Waals surface area contributed by atoms with Crippen LogP contribution in [0, 0.1) is 0 Å². The number of rotatable bonds is 3. The van der Waals surface area contributed by atoms with E-state index in [-0.39, 0.29) is 17.0 Å². The van der Waals surface area contributed by atoms with E-state index in [1.807, 2.05) is 12.1 Å². The predicted molar refractivity (Wildman–Crippen MR) is 74.8 cm³/mol. The molecule has 0 aromatic heterocycles. The average Bonchev–Trinajstić information content (AvgIpc) is 3.05. The van der Waals surface area contributed by atoms with E-state index in [4.69, 9.17) is 16.2 Å². The monoisotopic (exact) mass is 248 g/mol. The lowest BCUT2D eigenvalue weighted by Crippen LogP contribution is -2.36. The fraction of sp³-hybridized carbons (Fsp3) is 0.600. The highest BCUT2D eigenvalue weighted by Gasteiger charge is 2.44. The quantitative estimate of drug-likeness (QED) is 0.864. The highest BCUT2D eigenvalue weighted by atomic mass is 16.5. The minimum Gasteiger partial charge on any atom is -0.496 e. The fourth-order valence-corrected chi connectivity index (χ4v) is 2.29. The highest BCUT2D eigenvalue weighted by Crippen LogP contribution is 2.43. The van der Waals surface area contributed by atoms with Crippen LogP contribution >= 0.6 is 0 Å². The highest BCUT2D eigenvalue weighted by molar-refractivity contribution is 5.43. The molecule has 2 rings (SSSR count). The molecule has 1 aromatic carbocycles. The normalized spacial score (nSPS) is 19.4. The van der Waals surface area contributed by atoms with E-state index in [2.05, 4.69) is 26.8 Å². The van der Waals surface area contributed by atoms with Crippen molar-refractivity contribution in [1.82, 2.24) is 0 Å². The van der Waals surface area contributed by atoms with Gasteiger partial charge in [0.1, 0.15) is 5.75 Å². The zero-order valence-corrected chi connectivity index (χ0v) is 11.8. The average molecular weight is 248 g/mol. The van der Waals surface area contributed by atoms with E-state index in [0.717, 1.165) is 24.2 Å². The molecule has 0 amide bonds. The molecule has 1 aliphatic carbocycles. The first-order valence-corrected chi connectivity index (χ1v) is 6.51. The van der Waals surface area contributed by atoms with Gasteiger partial charge >= 0.3 is 0 Å². The summed E-state index contributed by atoms with van der Waals surface area (Å²) >= 11 is 0. The van der Waals surface area contributed by atoms with Crippen molar-refractivity contribution in [3.05, 3.63) is 29.3 Å². The SMILES string of the molecule is COc1ccc(C(N)C2(N)CC2)cc1C(C)(C)C. The molecule has 1 atom stereocenters. The van der Waals surface area contributed by atoms with Crippen LogP contribution in [0.5, 0.6) is 5.75 Å². The van der Waals surface area contributed by atoms with Crippen LogP contribution in [0.4, 0.5) is 0 Å². The van der Waals surface area contributed by atoms with Gasteiger partial charge in [-0.05, 0) is 41.5 Å². The lowest BCUT2D eigenvalue weighted by molar-refractivity contribution is 0.396. The second kappa shape index (κ2) is 4.25. The van der Waals surface area contributed by atoms with Gasteiger partial charge in [-0.2, -0.15) is 0 Å². The van der Waals surface area contributed by atoms with Crippen LogP contribution in [0.15, 0.2) is 18.2 Å². The Kier molecular flexibility index (Phi) is 3.16. The summed E-state index contributed by atoms with van der Waals surface area (Å²) in [4.78, 5) is 0. The van der Waals surface area contributed by atoms with Gasteiger partial charge in [0.05, 0.1) is 7.11 Å². The van der Waals surface area contributed by atoms with E-state index >= 15 is 0 Å². The fourth-order valence-electron chi connectivity index (χ4n) is 2.29. The van der Waals surface area contributed by atoms with Gasteiger partial charge in [0.15, 0.2) is 0 Å². The first kappa shape index (κ1) is 13.4. The number of ether oxygens (including phenoxy) is 1. The largest absolute Gasteiger partial charge is 0.496 e. The van der Waals surface area contributed by atoms with Gasteiger partial charge in [-0.15, -0.1) is 0 Å². The molecule has 1 fully saturated rings. The van der Waals surface area contributed by atoms with Crippen LogP contribution < -0.4 is 16.2 Å². The maximum absolute atomic E-state index is 6.27. The van der Waals surface area contributed by atoms with E-state index in [9.17, 15) is 0 Å². The van der Waals surface area contributed by atoms with Gasteiger partial charge in [-0.3, -0.25) is 0 Å². The van der Waals surface area contributed by atoms with Crippen molar-refractivity contribution in [2.45, 2.75) is 50.6 Å². The number of benzene rings is 1. The van der Waals surface area contributed by atoms with Crippen LogP contribution in [0.25, 0.3) is 0 Å². The van der Waals surface area contributed by atoms with E-state index in [1.54, 1.807) is 7.11 Å². The molecule has 4 N–H and O–H groups in total. The van der Waals surface area contributed by atoms with Crippen molar-refractivity contribution in [3.8, 4) is 5.75 Å². The standard InChI is InChI=1S/C15H24N2O/c1-14(2,3)11-9-10(5-6-12(11)18-4)13(16)15(17)7-8-15/h5-6,9,13H,7-8,16-17H2,1-4H3. The van der Waals surface area contributed by atoms with Gasteiger partial charge < -0.3 is 16.2 Å². The third-order valence-corrected chi connectivity index (χ3v) is 3.84. The minimum atomic E-state index is -0.191. The van der Waals surface area contributed by atoms with Crippen molar-refractivity contribution in [3.63, 3.8) is 0 Å². The summed E-state index contributed by atoms with van der Waals surface area (Å²) in [5.41, 5.74) is 14.6. The van der Waals surface area contributed by atoms with Crippen molar-refractivity contribution in [2.75, 3.05) is 7.11 Å². The van der Waals surface area contributed by atoms with Gasteiger partial charge in [-0.25, -0.2) is 0 Å². The molecule has 1 saturated carbocycles. The maximum atomic E-state index is 6.27. The Morgan fingerprint density at radius 2 is 1.89 bits per heavy atom. The maximum Gasteiger partial charge on any atom is 0.122 e. The first-order chi connectivity index (χ1) is 8.28. The van der Waals surface area contributed by atoms with Crippen LogP contribution in [0.2, 0.25) is 0 Å².